The molecule has 0 aromatic rings. The van der Waals surface area contributed by atoms with E-state index in [1.807, 2.05) is 0 Å². The molecule has 6 atom stereocenters. The molecule has 6 unspecified atom stereocenters. The van der Waals surface area contributed by atoms with Crippen molar-refractivity contribution in [2.75, 3.05) is 0 Å². The fourth-order valence-electron chi connectivity index (χ4n) is 6.77. The molecule has 3 fully saturated rings. The Balaban J connectivity index is 1.75. The molecule has 0 saturated heterocycles. The van der Waals surface area contributed by atoms with Gasteiger partial charge in [-0.2, -0.15) is 0 Å². The van der Waals surface area contributed by atoms with Gasteiger partial charge in [0, 0.05) is 5.57 Å². The zero-order valence-electron chi connectivity index (χ0n) is 14.6. The van der Waals surface area contributed by atoms with E-state index in [2.05, 4.69) is 13.8 Å². The van der Waals surface area contributed by atoms with Gasteiger partial charge in [-0.05, 0) is 79.1 Å². The van der Waals surface area contributed by atoms with Crippen molar-refractivity contribution < 1.29 is 20.1 Å². The molecule has 4 heteroatoms. The molecule has 4 nitrogen and oxygen atoms in total. The van der Waals surface area contributed by atoms with Gasteiger partial charge in [-0.25, -0.2) is 0 Å². The molecule has 0 bridgehead atoms. The number of hydrogen-bond donors (Lipinski definition) is 3. The van der Waals surface area contributed by atoms with Crippen molar-refractivity contribution in [2.45, 2.75) is 64.9 Å². The molecule has 0 spiro atoms. The summed E-state index contributed by atoms with van der Waals surface area (Å²) < 4.78 is 0. The summed E-state index contributed by atoms with van der Waals surface area (Å²) in [5, 5.41) is 30.4. The first kappa shape index (κ1) is 16.2. The van der Waals surface area contributed by atoms with Crippen LogP contribution < -0.4 is 0 Å². The molecule has 3 saturated carbocycles. The summed E-state index contributed by atoms with van der Waals surface area (Å²) in [5.74, 6) is 0.957. The minimum absolute atomic E-state index is 0.0287. The quantitative estimate of drug-likeness (QED) is 0.465. The Labute approximate surface area is 143 Å². The number of carbonyl (C=O) groups excluding carboxylic acids is 1. The Morgan fingerprint density at radius 1 is 1.12 bits per heavy atom. The lowest BCUT2D eigenvalue weighted by molar-refractivity contribution is -0.117. The average Bonchev–Trinajstić information content (AvgIpc) is 2.86. The highest BCUT2D eigenvalue weighted by Gasteiger charge is 2.60. The van der Waals surface area contributed by atoms with Gasteiger partial charge in [0.2, 0.25) is 5.78 Å². The summed E-state index contributed by atoms with van der Waals surface area (Å²) in [5.41, 5.74) is 1.02. The van der Waals surface area contributed by atoms with Crippen LogP contribution in [0.5, 0.6) is 0 Å². The molecule has 4 rings (SSSR count). The van der Waals surface area contributed by atoms with Gasteiger partial charge in [-0.15, -0.1) is 0 Å². The van der Waals surface area contributed by atoms with Crippen molar-refractivity contribution in [2.24, 2.45) is 28.6 Å². The van der Waals surface area contributed by atoms with E-state index in [0.717, 1.165) is 50.4 Å². The normalized spacial score (nSPS) is 49.8. The second-order valence-corrected chi connectivity index (χ2v) is 8.96. The highest BCUT2D eigenvalue weighted by atomic mass is 16.3. The summed E-state index contributed by atoms with van der Waals surface area (Å²) in [4.78, 5) is 12.2. The third kappa shape index (κ3) is 1.86. The summed E-state index contributed by atoms with van der Waals surface area (Å²) in [6, 6.07) is 0. The molecule has 132 valence electrons. The predicted molar refractivity (Wildman–Crippen MR) is 90.4 cm³/mol. The van der Waals surface area contributed by atoms with Gasteiger partial charge >= 0.3 is 0 Å². The van der Waals surface area contributed by atoms with E-state index in [0.29, 0.717) is 29.7 Å². The van der Waals surface area contributed by atoms with Crippen molar-refractivity contribution >= 4 is 5.78 Å². The predicted octanol–water partition coefficient (Wildman–Crippen LogP) is 3.82. The van der Waals surface area contributed by atoms with Gasteiger partial charge < -0.3 is 15.3 Å². The van der Waals surface area contributed by atoms with E-state index in [-0.39, 0.29) is 22.7 Å². The topological polar surface area (TPSA) is 77.8 Å². The van der Waals surface area contributed by atoms with Gasteiger partial charge in [-0.3, -0.25) is 4.79 Å². The maximum atomic E-state index is 12.2. The number of carbonyl (C=O) groups is 1. The van der Waals surface area contributed by atoms with Gasteiger partial charge in [0.15, 0.2) is 5.76 Å². The van der Waals surface area contributed by atoms with E-state index in [1.54, 1.807) is 0 Å². The van der Waals surface area contributed by atoms with E-state index < -0.39 is 5.78 Å². The van der Waals surface area contributed by atoms with Crippen LogP contribution in [-0.4, -0.2) is 27.2 Å². The molecule has 0 radical (unpaired) electrons. The number of ketones is 1. The smallest absolute Gasteiger partial charge is 0.226 e. The lowest BCUT2D eigenvalue weighted by Gasteiger charge is -2.57. The first-order chi connectivity index (χ1) is 11.3. The molecular formula is C20H28O4. The van der Waals surface area contributed by atoms with Crippen molar-refractivity contribution in [3.8, 4) is 0 Å². The Morgan fingerprint density at radius 2 is 1.88 bits per heavy atom. The molecule has 4 aliphatic carbocycles. The third-order valence-electron chi connectivity index (χ3n) is 8.13. The van der Waals surface area contributed by atoms with Crippen LogP contribution in [0.2, 0.25) is 0 Å². The molecule has 0 heterocycles. The Morgan fingerprint density at radius 3 is 2.58 bits per heavy atom. The minimum Gasteiger partial charge on any atom is -0.515 e. The van der Waals surface area contributed by atoms with E-state index in [4.69, 9.17) is 0 Å². The summed E-state index contributed by atoms with van der Waals surface area (Å²) >= 11 is 0. The van der Waals surface area contributed by atoms with Crippen LogP contribution in [-0.2, 0) is 4.79 Å². The number of allylic oxidation sites excluding steroid dienone is 1. The van der Waals surface area contributed by atoms with Crippen molar-refractivity contribution in [1.29, 1.82) is 0 Å². The van der Waals surface area contributed by atoms with Crippen LogP contribution >= 0.6 is 0 Å². The lowest BCUT2D eigenvalue weighted by Crippen LogP contribution is -2.52. The fraction of sp³-hybridized carbons (Fsp3) is 0.750. The van der Waals surface area contributed by atoms with Crippen molar-refractivity contribution in [3.05, 3.63) is 23.2 Å². The van der Waals surface area contributed by atoms with Gasteiger partial charge in [0.25, 0.3) is 0 Å². The molecule has 4 aliphatic rings. The number of aliphatic hydroxyl groups excluding tert-OH is 3. The molecule has 0 aromatic carbocycles. The molecule has 24 heavy (non-hydrogen) atoms. The lowest BCUT2D eigenvalue weighted by atomic mass is 9.47. The van der Waals surface area contributed by atoms with Gasteiger partial charge in [-0.1, -0.05) is 13.8 Å². The van der Waals surface area contributed by atoms with Gasteiger partial charge in [0.05, 0.1) is 12.4 Å². The SMILES string of the molecule is CC12CC(=CO)C(=O)C(O)=C1CCC1C2CCC2(C)C(O)CCC12. The molecule has 3 N–H and O–H groups in total. The summed E-state index contributed by atoms with van der Waals surface area (Å²) in [6.45, 7) is 4.42. The number of rotatable bonds is 0. The standard InChI is InChI=1S/C20H28O4/c1-19-8-7-14-12(13(19)5-6-16(19)22)3-4-15-18(24)17(23)11(10-21)9-20(14,15)2/h10,12-14,16,21-22,24H,3-9H2,1-2H3. The van der Waals surface area contributed by atoms with E-state index >= 15 is 0 Å². The maximum absolute atomic E-state index is 12.2. The van der Waals surface area contributed by atoms with Crippen LogP contribution in [0, 0.1) is 28.6 Å². The van der Waals surface area contributed by atoms with Gasteiger partial charge in [0.1, 0.15) is 0 Å². The third-order valence-corrected chi connectivity index (χ3v) is 8.13. The zero-order chi connectivity index (χ0) is 17.3. The Bertz CT molecular complexity index is 648. The van der Waals surface area contributed by atoms with Crippen LogP contribution in [0.25, 0.3) is 0 Å². The van der Waals surface area contributed by atoms with E-state index in [9.17, 15) is 20.1 Å². The summed E-state index contributed by atoms with van der Waals surface area (Å²) in [7, 11) is 0. The minimum atomic E-state index is -0.402. The maximum Gasteiger partial charge on any atom is 0.226 e. The summed E-state index contributed by atoms with van der Waals surface area (Å²) in [6.07, 6.45) is 6.99. The largest absolute Gasteiger partial charge is 0.515 e. The Kier molecular flexibility index (Phi) is 3.44. The van der Waals surface area contributed by atoms with E-state index in [1.165, 1.54) is 0 Å². The number of fused-ring (bicyclic) bond motifs is 5. The molecular weight excluding hydrogens is 304 g/mol. The number of aliphatic hydroxyl groups is 3. The molecule has 0 amide bonds. The number of hydrogen-bond acceptors (Lipinski definition) is 4. The molecule has 0 aliphatic heterocycles. The zero-order valence-corrected chi connectivity index (χ0v) is 14.6. The monoisotopic (exact) mass is 332 g/mol. The first-order valence-electron chi connectivity index (χ1n) is 9.31. The van der Waals surface area contributed by atoms with Crippen LogP contribution in [0.1, 0.15) is 58.8 Å². The van der Waals surface area contributed by atoms with Crippen LogP contribution in [0.4, 0.5) is 0 Å². The second kappa shape index (κ2) is 5.10. The molecule has 0 aromatic heterocycles. The van der Waals surface area contributed by atoms with Crippen LogP contribution in [0.15, 0.2) is 23.2 Å². The Hall–Kier alpha value is -1.29. The van der Waals surface area contributed by atoms with Crippen molar-refractivity contribution in [3.63, 3.8) is 0 Å². The highest BCUT2D eigenvalue weighted by molar-refractivity contribution is 6.08. The highest BCUT2D eigenvalue weighted by Crippen LogP contribution is 2.65. The number of Topliss-reactive ketones (excluding diaryl/α,β-unsaturated/α-hetero) is 1. The van der Waals surface area contributed by atoms with Crippen LogP contribution in [0.3, 0.4) is 0 Å². The fourth-order valence-corrected chi connectivity index (χ4v) is 6.77. The first-order valence-corrected chi connectivity index (χ1v) is 9.31. The van der Waals surface area contributed by atoms with Crippen molar-refractivity contribution in [1.82, 2.24) is 0 Å². The second-order valence-electron chi connectivity index (χ2n) is 8.96. The average molecular weight is 332 g/mol.